The van der Waals surface area contributed by atoms with Gasteiger partial charge in [0, 0.05) is 0 Å². The average Bonchev–Trinajstić information content (AvgIpc) is 2.64. The summed E-state index contributed by atoms with van der Waals surface area (Å²) in [7, 11) is 1.41. The number of ether oxygens (including phenoxy) is 2. The molecule has 1 N–H and O–H groups in total. The largest absolute Gasteiger partial charge is 0.469 e. The Balaban J connectivity index is 2.83. The van der Waals surface area contributed by atoms with E-state index in [2.05, 4.69) is 12.1 Å². The Morgan fingerprint density at radius 1 is 1.04 bits per heavy atom. The second-order valence-corrected chi connectivity index (χ2v) is 8.32. The fraction of sp³-hybridized carbons (Fsp3) is 0.636. The highest BCUT2D eigenvalue weighted by molar-refractivity contribution is 5.76. The number of benzene rings is 1. The molecule has 152 valence electrons. The molecule has 0 heterocycles. The smallest absolute Gasteiger partial charge is 0.311 e. The third kappa shape index (κ3) is 7.33. The van der Waals surface area contributed by atoms with Crippen molar-refractivity contribution in [1.29, 1.82) is 0 Å². The van der Waals surface area contributed by atoms with E-state index in [1.54, 1.807) is 0 Å². The van der Waals surface area contributed by atoms with E-state index < -0.39 is 10.8 Å². The van der Waals surface area contributed by atoms with Crippen LogP contribution < -0.4 is 0 Å². The minimum absolute atomic E-state index is 0.0194. The van der Waals surface area contributed by atoms with Crippen LogP contribution in [0.15, 0.2) is 30.3 Å². The molecule has 1 aromatic rings. The Kier molecular flexibility index (Phi) is 8.97. The standard InChI is InChI=1S/C22H34O5/c1-21(2,19(24)26-5)13-9-12-18(17-10-7-6-8-11-17)16-22(3,4)20(25)27-15-14-23/h6-8,10-11,18,23H,9,12-16H2,1-5H3. The highest BCUT2D eigenvalue weighted by atomic mass is 16.5. The second-order valence-electron chi connectivity index (χ2n) is 8.32. The van der Waals surface area contributed by atoms with Crippen molar-refractivity contribution in [2.75, 3.05) is 20.3 Å². The van der Waals surface area contributed by atoms with Crippen molar-refractivity contribution >= 4 is 11.9 Å². The zero-order chi connectivity index (χ0) is 20.5. The topological polar surface area (TPSA) is 72.8 Å². The highest BCUT2D eigenvalue weighted by Crippen LogP contribution is 2.37. The fourth-order valence-corrected chi connectivity index (χ4v) is 3.31. The van der Waals surface area contributed by atoms with Crippen molar-refractivity contribution in [3.05, 3.63) is 35.9 Å². The molecule has 5 nitrogen and oxygen atoms in total. The summed E-state index contributed by atoms with van der Waals surface area (Å²) in [5.74, 6) is -0.324. The molecule has 0 radical (unpaired) electrons. The number of esters is 2. The minimum Gasteiger partial charge on any atom is -0.469 e. The minimum atomic E-state index is -0.659. The van der Waals surface area contributed by atoms with Crippen molar-refractivity contribution in [1.82, 2.24) is 0 Å². The van der Waals surface area contributed by atoms with Crippen LogP contribution in [0.5, 0.6) is 0 Å². The molecule has 0 saturated heterocycles. The van der Waals surface area contributed by atoms with E-state index in [1.807, 2.05) is 45.9 Å². The molecule has 0 aliphatic heterocycles. The molecule has 0 fully saturated rings. The van der Waals surface area contributed by atoms with Gasteiger partial charge in [0.05, 0.1) is 24.5 Å². The van der Waals surface area contributed by atoms with Gasteiger partial charge in [0.2, 0.25) is 0 Å². The van der Waals surface area contributed by atoms with Gasteiger partial charge in [-0.2, -0.15) is 0 Å². The number of carbonyl (C=O) groups excluding carboxylic acids is 2. The summed E-state index contributed by atoms with van der Waals surface area (Å²) in [5.41, 5.74) is -0.00421. The van der Waals surface area contributed by atoms with Crippen LogP contribution in [-0.2, 0) is 19.1 Å². The van der Waals surface area contributed by atoms with Gasteiger partial charge in [0.25, 0.3) is 0 Å². The first-order valence-corrected chi connectivity index (χ1v) is 9.55. The fourth-order valence-electron chi connectivity index (χ4n) is 3.31. The van der Waals surface area contributed by atoms with Gasteiger partial charge in [-0.25, -0.2) is 0 Å². The van der Waals surface area contributed by atoms with Crippen LogP contribution in [0.3, 0.4) is 0 Å². The second kappa shape index (κ2) is 10.5. The number of methoxy groups -OCH3 is 1. The molecule has 27 heavy (non-hydrogen) atoms. The molecule has 0 aliphatic rings. The van der Waals surface area contributed by atoms with Crippen molar-refractivity contribution < 1.29 is 24.2 Å². The first-order valence-electron chi connectivity index (χ1n) is 9.55. The number of aliphatic hydroxyl groups is 1. The summed E-state index contributed by atoms with van der Waals surface area (Å²) in [6, 6.07) is 10.1. The number of hydrogen-bond donors (Lipinski definition) is 1. The molecule has 1 rings (SSSR count). The Labute approximate surface area is 163 Å². The van der Waals surface area contributed by atoms with E-state index in [4.69, 9.17) is 14.6 Å². The molecule has 0 saturated carbocycles. The van der Waals surface area contributed by atoms with Gasteiger partial charge in [0.1, 0.15) is 6.61 Å². The van der Waals surface area contributed by atoms with Crippen LogP contribution in [0.4, 0.5) is 0 Å². The molecular formula is C22H34O5. The monoisotopic (exact) mass is 378 g/mol. The number of carbonyl (C=O) groups is 2. The Morgan fingerprint density at radius 3 is 2.22 bits per heavy atom. The molecule has 0 aliphatic carbocycles. The molecule has 0 bridgehead atoms. The maximum absolute atomic E-state index is 12.4. The van der Waals surface area contributed by atoms with Gasteiger partial charge in [-0.15, -0.1) is 0 Å². The maximum Gasteiger partial charge on any atom is 0.311 e. The van der Waals surface area contributed by atoms with E-state index in [-0.39, 0.29) is 31.1 Å². The predicted molar refractivity (Wildman–Crippen MR) is 105 cm³/mol. The van der Waals surface area contributed by atoms with E-state index in [0.29, 0.717) is 6.42 Å². The van der Waals surface area contributed by atoms with Crippen LogP contribution in [0.25, 0.3) is 0 Å². The number of hydrogen-bond acceptors (Lipinski definition) is 5. The lowest BCUT2D eigenvalue weighted by atomic mass is 9.76. The first-order chi connectivity index (χ1) is 12.6. The predicted octanol–water partition coefficient (Wildman–Crippen LogP) is 4.09. The van der Waals surface area contributed by atoms with Crippen molar-refractivity contribution in [2.45, 2.75) is 59.3 Å². The summed E-state index contributed by atoms with van der Waals surface area (Å²) >= 11 is 0. The van der Waals surface area contributed by atoms with Crippen molar-refractivity contribution in [2.24, 2.45) is 10.8 Å². The van der Waals surface area contributed by atoms with Gasteiger partial charge in [0.15, 0.2) is 0 Å². The maximum atomic E-state index is 12.4. The average molecular weight is 379 g/mol. The van der Waals surface area contributed by atoms with Crippen LogP contribution >= 0.6 is 0 Å². The summed E-state index contributed by atoms with van der Waals surface area (Å²) in [5, 5.41) is 8.88. The lowest BCUT2D eigenvalue weighted by Gasteiger charge is -2.29. The number of rotatable bonds is 11. The highest BCUT2D eigenvalue weighted by Gasteiger charge is 2.34. The van der Waals surface area contributed by atoms with Gasteiger partial charge >= 0.3 is 11.9 Å². The van der Waals surface area contributed by atoms with E-state index in [1.165, 1.54) is 12.7 Å². The summed E-state index contributed by atoms with van der Waals surface area (Å²) < 4.78 is 10.0. The summed E-state index contributed by atoms with van der Waals surface area (Å²) in [6.45, 7) is 7.39. The van der Waals surface area contributed by atoms with Crippen LogP contribution in [-0.4, -0.2) is 37.4 Å². The molecule has 0 aromatic heterocycles. The van der Waals surface area contributed by atoms with Crippen molar-refractivity contribution in [3.8, 4) is 0 Å². The van der Waals surface area contributed by atoms with E-state index >= 15 is 0 Å². The third-order valence-electron chi connectivity index (χ3n) is 5.00. The van der Waals surface area contributed by atoms with E-state index in [9.17, 15) is 9.59 Å². The Morgan fingerprint density at radius 2 is 1.67 bits per heavy atom. The van der Waals surface area contributed by atoms with Crippen LogP contribution in [0.1, 0.15) is 64.9 Å². The van der Waals surface area contributed by atoms with E-state index in [0.717, 1.165) is 19.3 Å². The van der Waals surface area contributed by atoms with Gasteiger partial charge in [-0.3, -0.25) is 9.59 Å². The first kappa shape index (κ1) is 23.2. The van der Waals surface area contributed by atoms with Crippen LogP contribution in [0, 0.1) is 10.8 Å². The molecule has 1 aromatic carbocycles. The SMILES string of the molecule is COC(=O)C(C)(C)CCCC(CC(C)(C)C(=O)OCCO)c1ccccc1. The van der Waals surface area contributed by atoms with Gasteiger partial charge in [-0.05, 0) is 58.4 Å². The molecule has 1 atom stereocenters. The van der Waals surface area contributed by atoms with Gasteiger partial charge in [-0.1, -0.05) is 36.8 Å². The summed E-state index contributed by atoms with van der Waals surface area (Å²) in [6.07, 6.45) is 3.07. The zero-order valence-corrected chi connectivity index (χ0v) is 17.3. The third-order valence-corrected chi connectivity index (χ3v) is 5.00. The normalized spacial score (nSPS) is 13.1. The molecular weight excluding hydrogens is 344 g/mol. The van der Waals surface area contributed by atoms with Crippen molar-refractivity contribution in [3.63, 3.8) is 0 Å². The molecule has 0 amide bonds. The number of aliphatic hydroxyl groups excluding tert-OH is 1. The summed E-state index contributed by atoms with van der Waals surface area (Å²) in [4.78, 5) is 24.3. The lowest BCUT2D eigenvalue weighted by molar-refractivity contribution is -0.155. The van der Waals surface area contributed by atoms with Gasteiger partial charge < -0.3 is 14.6 Å². The Hall–Kier alpha value is -1.88. The quantitative estimate of drug-likeness (QED) is 0.587. The van der Waals surface area contributed by atoms with Crippen LogP contribution in [0.2, 0.25) is 0 Å². The lowest BCUT2D eigenvalue weighted by Crippen LogP contribution is -2.30. The molecule has 1 unspecified atom stereocenters. The molecule has 0 spiro atoms. The molecule has 5 heteroatoms. The zero-order valence-electron chi connectivity index (χ0n) is 17.3. The Bertz CT molecular complexity index is 592.